The normalized spacial score (nSPS) is 22.2. The third kappa shape index (κ3) is 7.01. The highest BCUT2D eigenvalue weighted by atomic mass is 35.5. The first-order valence-electron chi connectivity index (χ1n) is 12.8. The number of aryl methyl sites for hydroxylation is 1. The molecule has 2 heterocycles. The zero-order valence-electron chi connectivity index (χ0n) is 21.2. The van der Waals surface area contributed by atoms with Gasteiger partial charge >= 0.3 is 7.60 Å². The van der Waals surface area contributed by atoms with Crippen LogP contribution in [0.3, 0.4) is 0 Å². The van der Waals surface area contributed by atoms with E-state index in [2.05, 4.69) is 39.2 Å². The van der Waals surface area contributed by atoms with Gasteiger partial charge in [-0.05, 0) is 89.2 Å². The molecule has 1 aliphatic heterocycles. The number of rotatable bonds is 10. The molecular weight excluding hydrogens is 481 g/mol. The number of nitrogens with zero attached hydrogens (tertiary/aromatic N) is 3. The van der Waals surface area contributed by atoms with Crippen LogP contribution >= 0.6 is 19.2 Å². The predicted octanol–water partition coefficient (Wildman–Crippen LogP) is 7.88. The monoisotopic (exact) mass is 517 g/mol. The molecule has 0 amide bonds. The first-order valence-corrected chi connectivity index (χ1v) is 14.9. The van der Waals surface area contributed by atoms with Gasteiger partial charge in [-0.2, -0.15) is 0 Å². The maximum absolute atomic E-state index is 13.3. The van der Waals surface area contributed by atoms with E-state index in [0.29, 0.717) is 28.8 Å². The van der Waals surface area contributed by atoms with Crippen molar-refractivity contribution in [2.24, 2.45) is 10.9 Å². The first-order chi connectivity index (χ1) is 16.7. The van der Waals surface area contributed by atoms with E-state index in [0.717, 1.165) is 44.2 Å². The average molecular weight is 518 g/mol. The fourth-order valence-electron chi connectivity index (χ4n) is 5.23. The molecule has 4 rings (SSSR count). The maximum Gasteiger partial charge on any atom is 0.331 e. The number of hydrogen-bond donors (Lipinski definition) is 0. The number of aromatic nitrogens is 2. The van der Waals surface area contributed by atoms with Crippen molar-refractivity contribution in [1.82, 2.24) is 9.97 Å². The molecule has 0 spiro atoms. The third-order valence-electron chi connectivity index (χ3n) is 6.81. The Kier molecular flexibility index (Phi) is 8.80. The van der Waals surface area contributed by atoms with Gasteiger partial charge in [-0.1, -0.05) is 35.9 Å². The summed E-state index contributed by atoms with van der Waals surface area (Å²) in [5.74, 6) is 1.14. The molecule has 1 aromatic heterocycles. The molecule has 2 aromatic rings. The standard InChI is InChI=1S/C27H37ClN3O3P/c1-18(2)33-35(32,34-19(3)4)16-21-8-12-23(13-9-21)22-10-5-20(6-11-22)7-14-24-15-29-26-25(24)30-17-31-27(26)28/h5-6,10-11,15,17-19,21,23-24H,7-9,12-14,16H2,1-4H3/t21-,23-,24?. The van der Waals surface area contributed by atoms with Gasteiger partial charge < -0.3 is 9.05 Å². The van der Waals surface area contributed by atoms with Gasteiger partial charge in [-0.25, -0.2) is 9.97 Å². The Bertz CT molecular complexity index is 1050. The summed E-state index contributed by atoms with van der Waals surface area (Å²) in [6, 6.07) is 9.07. The van der Waals surface area contributed by atoms with Gasteiger partial charge in [0.25, 0.3) is 0 Å². The summed E-state index contributed by atoms with van der Waals surface area (Å²) in [7, 11) is -3.06. The molecule has 1 saturated carbocycles. The molecule has 1 unspecified atom stereocenters. The Morgan fingerprint density at radius 1 is 1.00 bits per heavy atom. The molecule has 8 heteroatoms. The Hall–Kier alpha value is -1.59. The van der Waals surface area contributed by atoms with Crippen LogP contribution in [-0.4, -0.2) is 34.6 Å². The second kappa shape index (κ2) is 11.6. The van der Waals surface area contributed by atoms with Gasteiger partial charge in [0, 0.05) is 12.1 Å². The number of benzene rings is 1. The topological polar surface area (TPSA) is 73.7 Å². The van der Waals surface area contributed by atoms with E-state index in [4.69, 9.17) is 20.6 Å². The summed E-state index contributed by atoms with van der Waals surface area (Å²) in [6.45, 7) is 7.67. The quantitative estimate of drug-likeness (QED) is 0.237. The minimum atomic E-state index is -3.06. The van der Waals surface area contributed by atoms with Crippen molar-refractivity contribution in [3.8, 4) is 0 Å². The van der Waals surface area contributed by atoms with Gasteiger partial charge in [0.1, 0.15) is 12.0 Å². The van der Waals surface area contributed by atoms with Crippen molar-refractivity contribution in [2.75, 3.05) is 6.16 Å². The Morgan fingerprint density at radius 2 is 1.66 bits per heavy atom. The smallest absolute Gasteiger partial charge is 0.306 e. The third-order valence-corrected chi connectivity index (χ3v) is 9.53. The van der Waals surface area contributed by atoms with E-state index in [1.165, 1.54) is 17.5 Å². The fraction of sp³-hybridized carbons (Fsp3) is 0.593. The van der Waals surface area contributed by atoms with Gasteiger partial charge in [0.2, 0.25) is 0 Å². The molecular formula is C27H37ClN3O3P. The van der Waals surface area contributed by atoms with Crippen molar-refractivity contribution >= 4 is 31.1 Å². The first kappa shape index (κ1) is 26.5. The number of halogens is 1. The van der Waals surface area contributed by atoms with E-state index in [1.54, 1.807) is 0 Å². The molecule has 1 aliphatic carbocycles. The van der Waals surface area contributed by atoms with Crippen molar-refractivity contribution < 1.29 is 13.6 Å². The molecule has 1 fully saturated rings. The van der Waals surface area contributed by atoms with Crippen molar-refractivity contribution in [1.29, 1.82) is 0 Å². The van der Waals surface area contributed by atoms with Gasteiger partial charge in [0.05, 0.1) is 24.1 Å². The number of aliphatic imine (C=N–C) groups is 1. The number of fused-ring (bicyclic) bond motifs is 1. The van der Waals surface area contributed by atoms with Crippen molar-refractivity contribution in [3.05, 3.63) is 52.6 Å². The van der Waals surface area contributed by atoms with Crippen LogP contribution in [0.25, 0.3) is 0 Å². The van der Waals surface area contributed by atoms with Crippen LogP contribution in [0.4, 0.5) is 5.69 Å². The second-order valence-corrected chi connectivity index (χ2v) is 12.7. The van der Waals surface area contributed by atoms with Crippen LogP contribution in [0.1, 0.15) is 88.5 Å². The average Bonchev–Trinajstić information content (AvgIpc) is 3.22. The van der Waals surface area contributed by atoms with E-state index in [1.807, 2.05) is 33.9 Å². The number of hydrogen-bond acceptors (Lipinski definition) is 6. The minimum absolute atomic E-state index is 0.101. The lowest BCUT2D eigenvalue weighted by Gasteiger charge is -2.32. The predicted molar refractivity (Wildman–Crippen MR) is 142 cm³/mol. The maximum atomic E-state index is 13.3. The van der Waals surface area contributed by atoms with E-state index < -0.39 is 7.60 Å². The van der Waals surface area contributed by atoms with Crippen LogP contribution in [0, 0.1) is 5.92 Å². The second-order valence-electron chi connectivity index (χ2n) is 10.4. The lowest BCUT2D eigenvalue weighted by molar-refractivity contribution is 0.138. The van der Waals surface area contributed by atoms with Crippen LogP contribution in [0.15, 0.2) is 35.6 Å². The fourth-order valence-corrected chi connectivity index (χ4v) is 7.93. The Labute approximate surface area is 214 Å². The molecule has 6 nitrogen and oxygen atoms in total. The van der Waals surface area contributed by atoms with Gasteiger partial charge in [-0.3, -0.25) is 9.56 Å². The summed E-state index contributed by atoms with van der Waals surface area (Å²) in [5, 5.41) is 0.426. The highest BCUT2D eigenvalue weighted by Crippen LogP contribution is 2.54. The lowest BCUT2D eigenvalue weighted by atomic mass is 9.79. The van der Waals surface area contributed by atoms with Crippen LogP contribution < -0.4 is 0 Å². The summed E-state index contributed by atoms with van der Waals surface area (Å²) >= 11 is 6.13. The molecule has 35 heavy (non-hydrogen) atoms. The summed E-state index contributed by atoms with van der Waals surface area (Å²) in [6.07, 6.45) is 10.0. The van der Waals surface area contributed by atoms with Crippen molar-refractivity contribution in [2.45, 2.75) is 90.3 Å². The SMILES string of the molecule is CC(C)OP(=O)(C[C@H]1CC[C@H](c2ccc(CCC3C=Nc4c(Cl)ncnc43)cc2)CC1)OC(C)C. The molecule has 1 atom stereocenters. The Balaban J connectivity index is 1.28. The molecule has 2 aliphatic rings. The van der Waals surface area contributed by atoms with Crippen molar-refractivity contribution in [3.63, 3.8) is 0 Å². The largest absolute Gasteiger partial charge is 0.331 e. The van der Waals surface area contributed by atoms with Crippen LogP contribution in [0.5, 0.6) is 0 Å². The van der Waals surface area contributed by atoms with E-state index >= 15 is 0 Å². The van der Waals surface area contributed by atoms with E-state index in [9.17, 15) is 4.57 Å². The summed E-state index contributed by atoms with van der Waals surface area (Å²) < 4.78 is 24.8. The highest BCUT2D eigenvalue weighted by molar-refractivity contribution is 7.53. The molecule has 0 saturated heterocycles. The van der Waals surface area contributed by atoms with Gasteiger partial charge in [0.15, 0.2) is 5.15 Å². The molecule has 0 N–H and O–H groups in total. The van der Waals surface area contributed by atoms with Gasteiger partial charge in [-0.15, -0.1) is 0 Å². The van der Waals surface area contributed by atoms with Crippen LogP contribution in [-0.2, 0) is 20.0 Å². The van der Waals surface area contributed by atoms with Crippen LogP contribution in [0.2, 0.25) is 5.15 Å². The highest BCUT2D eigenvalue weighted by Gasteiger charge is 2.34. The molecule has 0 bridgehead atoms. The van der Waals surface area contributed by atoms with E-state index in [-0.39, 0.29) is 18.1 Å². The summed E-state index contributed by atoms with van der Waals surface area (Å²) in [4.78, 5) is 12.8. The molecule has 0 radical (unpaired) electrons. The summed E-state index contributed by atoms with van der Waals surface area (Å²) in [5.41, 5.74) is 4.37. The minimum Gasteiger partial charge on any atom is -0.306 e. The zero-order valence-corrected chi connectivity index (χ0v) is 22.8. The Morgan fingerprint density at radius 3 is 2.29 bits per heavy atom. The lowest BCUT2D eigenvalue weighted by Crippen LogP contribution is -2.20. The molecule has 1 aromatic carbocycles. The zero-order chi connectivity index (χ0) is 25.0. The molecule has 190 valence electrons.